The first-order valence-electron chi connectivity index (χ1n) is 3.86. The van der Waals surface area contributed by atoms with E-state index in [0.29, 0.717) is 6.61 Å². The number of carbonyl (C=O) groups excluding carboxylic acids is 1. The molecule has 0 aliphatic carbocycles. The fourth-order valence-corrected chi connectivity index (χ4v) is 2.67. The zero-order chi connectivity index (χ0) is 8.16. The number of ether oxygens (including phenoxy) is 1. The molecule has 1 aliphatic rings. The largest absolute Gasteiger partial charge is 0.384 e. The third-order valence-corrected chi connectivity index (χ3v) is 3.16. The highest BCUT2D eigenvalue weighted by molar-refractivity contribution is 7.99. The number of methoxy groups -OCH3 is 1. The third kappa shape index (κ3) is 2.20. The van der Waals surface area contributed by atoms with E-state index in [1.807, 2.05) is 11.8 Å². The Morgan fingerprint density at radius 2 is 2.18 bits per heavy atom. The second-order valence-corrected chi connectivity index (χ2v) is 4.25. The zero-order valence-electron chi connectivity index (χ0n) is 6.84. The molecule has 1 heterocycles. The van der Waals surface area contributed by atoms with E-state index in [0.717, 1.165) is 30.6 Å². The van der Waals surface area contributed by atoms with Gasteiger partial charge in [-0.2, -0.15) is 11.8 Å². The molecule has 3 heteroatoms. The highest BCUT2D eigenvalue weighted by Gasteiger charge is 2.31. The predicted molar refractivity (Wildman–Crippen MR) is 46.9 cm³/mol. The van der Waals surface area contributed by atoms with Gasteiger partial charge in [-0.15, -0.1) is 0 Å². The standard InChI is InChI=1S/C8H14O2S/c1-10-7-8(6-9)2-4-11-5-3-8/h6H,2-5,7H2,1H3. The van der Waals surface area contributed by atoms with Gasteiger partial charge in [-0.3, -0.25) is 0 Å². The lowest BCUT2D eigenvalue weighted by molar-refractivity contribution is -0.119. The molecule has 0 bridgehead atoms. The Hall–Kier alpha value is -0.0200. The maximum absolute atomic E-state index is 10.8. The molecule has 0 aromatic carbocycles. The molecular formula is C8H14O2S. The Balaban J connectivity index is 2.49. The van der Waals surface area contributed by atoms with E-state index < -0.39 is 0 Å². The molecule has 1 fully saturated rings. The number of hydrogen-bond acceptors (Lipinski definition) is 3. The zero-order valence-corrected chi connectivity index (χ0v) is 7.65. The highest BCUT2D eigenvalue weighted by atomic mass is 32.2. The van der Waals surface area contributed by atoms with Crippen molar-refractivity contribution in [2.45, 2.75) is 12.8 Å². The van der Waals surface area contributed by atoms with Gasteiger partial charge in [-0.1, -0.05) is 0 Å². The second-order valence-electron chi connectivity index (χ2n) is 3.03. The average molecular weight is 174 g/mol. The maximum Gasteiger partial charge on any atom is 0.128 e. The van der Waals surface area contributed by atoms with Crippen molar-refractivity contribution in [2.24, 2.45) is 5.41 Å². The van der Waals surface area contributed by atoms with Crippen LogP contribution in [0.2, 0.25) is 0 Å². The van der Waals surface area contributed by atoms with Crippen molar-refractivity contribution in [3.8, 4) is 0 Å². The van der Waals surface area contributed by atoms with Crippen LogP contribution in [0.25, 0.3) is 0 Å². The van der Waals surface area contributed by atoms with E-state index in [9.17, 15) is 4.79 Å². The van der Waals surface area contributed by atoms with Crippen molar-refractivity contribution in [2.75, 3.05) is 25.2 Å². The van der Waals surface area contributed by atoms with Crippen molar-refractivity contribution in [1.82, 2.24) is 0 Å². The molecule has 0 aromatic rings. The number of carbonyl (C=O) groups is 1. The van der Waals surface area contributed by atoms with Crippen LogP contribution in [-0.4, -0.2) is 31.5 Å². The molecule has 64 valence electrons. The third-order valence-electron chi connectivity index (χ3n) is 2.17. The van der Waals surface area contributed by atoms with Crippen LogP contribution in [0.3, 0.4) is 0 Å². The molecule has 2 nitrogen and oxygen atoms in total. The van der Waals surface area contributed by atoms with Crippen molar-refractivity contribution in [3.63, 3.8) is 0 Å². The molecule has 0 saturated carbocycles. The molecule has 0 aromatic heterocycles. The molecule has 1 saturated heterocycles. The molecule has 0 spiro atoms. The molecule has 11 heavy (non-hydrogen) atoms. The summed E-state index contributed by atoms with van der Waals surface area (Å²) in [5, 5.41) is 0. The first-order valence-corrected chi connectivity index (χ1v) is 5.01. The summed E-state index contributed by atoms with van der Waals surface area (Å²) in [4.78, 5) is 10.8. The van der Waals surface area contributed by atoms with Gasteiger partial charge in [0.05, 0.1) is 12.0 Å². The minimum atomic E-state index is -0.153. The number of thioether (sulfide) groups is 1. The lowest BCUT2D eigenvalue weighted by Crippen LogP contribution is -2.32. The van der Waals surface area contributed by atoms with Gasteiger partial charge in [0.15, 0.2) is 0 Å². The Labute approximate surface area is 71.7 Å². The summed E-state index contributed by atoms with van der Waals surface area (Å²) in [7, 11) is 1.66. The average Bonchev–Trinajstić information content (AvgIpc) is 2.07. The summed E-state index contributed by atoms with van der Waals surface area (Å²) < 4.78 is 5.04. The van der Waals surface area contributed by atoms with E-state index >= 15 is 0 Å². The number of rotatable bonds is 3. The monoisotopic (exact) mass is 174 g/mol. The summed E-state index contributed by atoms with van der Waals surface area (Å²) >= 11 is 1.92. The van der Waals surface area contributed by atoms with Gasteiger partial charge in [0.2, 0.25) is 0 Å². The van der Waals surface area contributed by atoms with Crippen molar-refractivity contribution >= 4 is 18.0 Å². The minimum Gasteiger partial charge on any atom is -0.384 e. The van der Waals surface area contributed by atoms with E-state index in [4.69, 9.17) is 4.74 Å². The Morgan fingerprint density at radius 1 is 1.55 bits per heavy atom. The second kappa shape index (κ2) is 4.12. The fourth-order valence-electron chi connectivity index (χ4n) is 1.36. The van der Waals surface area contributed by atoms with Crippen molar-refractivity contribution in [3.05, 3.63) is 0 Å². The first kappa shape index (κ1) is 9.07. The molecule has 1 rings (SSSR count). The molecular weight excluding hydrogens is 160 g/mol. The summed E-state index contributed by atoms with van der Waals surface area (Å²) in [5.74, 6) is 2.20. The number of aldehydes is 1. The summed E-state index contributed by atoms with van der Waals surface area (Å²) in [5.41, 5.74) is -0.153. The van der Waals surface area contributed by atoms with Crippen LogP contribution in [0.4, 0.5) is 0 Å². The van der Waals surface area contributed by atoms with Crippen LogP contribution in [-0.2, 0) is 9.53 Å². The van der Waals surface area contributed by atoms with Gasteiger partial charge < -0.3 is 9.53 Å². The van der Waals surface area contributed by atoms with Gasteiger partial charge >= 0.3 is 0 Å². The van der Waals surface area contributed by atoms with Gasteiger partial charge in [0.25, 0.3) is 0 Å². The van der Waals surface area contributed by atoms with Gasteiger partial charge in [-0.05, 0) is 24.3 Å². The van der Waals surface area contributed by atoms with E-state index in [1.165, 1.54) is 0 Å². The molecule has 1 aliphatic heterocycles. The van der Waals surface area contributed by atoms with Crippen LogP contribution in [0.15, 0.2) is 0 Å². The highest BCUT2D eigenvalue weighted by Crippen LogP contribution is 2.32. The van der Waals surface area contributed by atoms with E-state index in [-0.39, 0.29) is 5.41 Å². The van der Waals surface area contributed by atoms with Gasteiger partial charge in [-0.25, -0.2) is 0 Å². The van der Waals surface area contributed by atoms with Gasteiger partial charge in [0, 0.05) is 7.11 Å². The Bertz CT molecular complexity index is 125. The molecule has 0 unspecified atom stereocenters. The summed E-state index contributed by atoms with van der Waals surface area (Å²) in [6, 6.07) is 0. The maximum atomic E-state index is 10.8. The van der Waals surface area contributed by atoms with Gasteiger partial charge in [0.1, 0.15) is 6.29 Å². The van der Waals surface area contributed by atoms with Crippen molar-refractivity contribution < 1.29 is 9.53 Å². The smallest absolute Gasteiger partial charge is 0.128 e. The fraction of sp³-hybridized carbons (Fsp3) is 0.875. The van der Waals surface area contributed by atoms with E-state index in [1.54, 1.807) is 7.11 Å². The van der Waals surface area contributed by atoms with Crippen LogP contribution < -0.4 is 0 Å². The predicted octanol–water partition coefficient (Wildman–Crippen LogP) is 1.35. The normalized spacial score (nSPS) is 23.0. The molecule has 0 atom stereocenters. The lowest BCUT2D eigenvalue weighted by atomic mass is 9.84. The SMILES string of the molecule is COCC1(C=O)CCSCC1. The van der Waals surface area contributed by atoms with Crippen LogP contribution in [0, 0.1) is 5.41 Å². The van der Waals surface area contributed by atoms with E-state index in [2.05, 4.69) is 0 Å². The first-order chi connectivity index (χ1) is 5.33. The van der Waals surface area contributed by atoms with Crippen LogP contribution >= 0.6 is 11.8 Å². The lowest BCUT2D eigenvalue weighted by Gasteiger charge is -2.30. The molecule has 0 amide bonds. The summed E-state index contributed by atoms with van der Waals surface area (Å²) in [6.45, 7) is 0.594. The number of hydrogen-bond donors (Lipinski definition) is 0. The minimum absolute atomic E-state index is 0.153. The molecule has 0 radical (unpaired) electrons. The summed E-state index contributed by atoms with van der Waals surface area (Å²) in [6.07, 6.45) is 3.04. The Morgan fingerprint density at radius 3 is 2.64 bits per heavy atom. The topological polar surface area (TPSA) is 26.3 Å². The Kier molecular flexibility index (Phi) is 3.40. The molecule has 0 N–H and O–H groups in total. The van der Waals surface area contributed by atoms with Crippen LogP contribution in [0.1, 0.15) is 12.8 Å². The quantitative estimate of drug-likeness (QED) is 0.604. The van der Waals surface area contributed by atoms with Crippen LogP contribution in [0.5, 0.6) is 0 Å². The van der Waals surface area contributed by atoms with Crippen molar-refractivity contribution in [1.29, 1.82) is 0 Å².